The van der Waals surface area contributed by atoms with Crippen molar-refractivity contribution in [2.45, 2.75) is 13.5 Å². The zero-order valence-corrected chi connectivity index (χ0v) is 11.7. The van der Waals surface area contributed by atoms with Crippen molar-refractivity contribution in [3.8, 4) is 0 Å². The number of aromatic nitrogens is 2. The van der Waals surface area contributed by atoms with Gasteiger partial charge in [-0.05, 0) is 13.0 Å². The molecule has 0 fully saturated rings. The fraction of sp³-hybridized carbons (Fsp3) is 0.182. The van der Waals surface area contributed by atoms with Gasteiger partial charge in [-0.3, -0.25) is 4.79 Å². The van der Waals surface area contributed by atoms with Gasteiger partial charge in [0.15, 0.2) is 0 Å². The topological polar surface area (TPSA) is 54.9 Å². The van der Waals surface area contributed by atoms with Gasteiger partial charge in [-0.1, -0.05) is 23.2 Å². The second kappa shape index (κ2) is 5.65. The number of aryl methyl sites for hydroxylation is 1. The molecule has 0 aliphatic rings. The minimum Gasteiger partial charge on any atom is -0.345 e. The van der Waals surface area contributed by atoms with E-state index in [1.165, 1.54) is 23.6 Å². The molecule has 0 unspecified atom stereocenters. The van der Waals surface area contributed by atoms with Gasteiger partial charge >= 0.3 is 0 Å². The standard InChI is InChI=1S/C11H9Cl2N3OS/c1-6-5-18-9(16-6)4-15-11(17)7-2-8(12)10(13)14-3-7/h2-3,5H,4H2,1H3,(H,15,17). The smallest absolute Gasteiger partial charge is 0.253 e. The molecule has 2 aromatic heterocycles. The van der Waals surface area contributed by atoms with Crippen LogP contribution in [0.3, 0.4) is 0 Å². The van der Waals surface area contributed by atoms with Crippen LogP contribution < -0.4 is 5.32 Å². The minimum atomic E-state index is -0.256. The van der Waals surface area contributed by atoms with E-state index < -0.39 is 0 Å². The Kier molecular flexibility index (Phi) is 4.16. The molecule has 1 N–H and O–H groups in total. The Morgan fingerprint density at radius 1 is 1.50 bits per heavy atom. The lowest BCUT2D eigenvalue weighted by Gasteiger charge is -2.03. The van der Waals surface area contributed by atoms with E-state index in [0.717, 1.165) is 10.7 Å². The van der Waals surface area contributed by atoms with E-state index in [0.29, 0.717) is 12.1 Å². The van der Waals surface area contributed by atoms with E-state index in [1.807, 2.05) is 12.3 Å². The van der Waals surface area contributed by atoms with E-state index in [2.05, 4.69) is 15.3 Å². The van der Waals surface area contributed by atoms with Gasteiger partial charge in [-0.25, -0.2) is 9.97 Å². The summed E-state index contributed by atoms with van der Waals surface area (Å²) in [6.45, 7) is 2.29. The van der Waals surface area contributed by atoms with E-state index in [4.69, 9.17) is 23.2 Å². The second-order valence-corrected chi connectivity index (χ2v) is 5.27. The molecule has 2 aromatic rings. The van der Waals surface area contributed by atoms with E-state index in [1.54, 1.807) is 0 Å². The van der Waals surface area contributed by atoms with Crippen LogP contribution in [0.1, 0.15) is 21.1 Å². The van der Waals surface area contributed by atoms with Gasteiger partial charge in [0.05, 0.1) is 17.1 Å². The first-order chi connectivity index (χ1) is 8.56. The number of amides is 1. The third-order valence-corrected chi connectivity index (χ3v) is 3.78. The van der Waals surface area contributed by atoms with Crippen LogP contribution in [0.5, 0.6) is 0 Å². The zero-order chi connectivity index (χ0) is 13.1. The fourth-order valence-corrected chi connectivity index (χ4v) is 2.27. The van der Waals surface area contributed by atoms with Crippen molar-refractivity contribution >= 4 is 40.4 Å². The van der Waals surface area contributed by atoms with Crippen LogP contribution >= 0.6 is 34.5 Å². The summed E-state index contributed by atoms with van der Waals surface area (Å²) < 4.78 is 0. The van der Waals surface area contributed by atoms with Gasteiger partial charge in [0.25, 0.3) is 5.91 Å². The summed E-state index contributed by atoms with van der Waals surface area (Å²) in [7, 11) is 0. The summed E-state index contributed by atoms with van der Waals surface area (Å²) in [6, 6.07) is 1.49. The Bertz CT molecular complexity index is 585. The molecular formula is C11H9Cl2N3OS. The van der Waals surface area contributed by atoms with Gasteiger partial charge in [0, 0.05) is 17.3 Å². The van der Waals surface area contributed by atoms with Crippen molar-refractivity contribution < 1.29 is 4.79 Å². The summed E-state index contributed by atoms with van der Waals surface area (Å²) in [5, 5.41) is 5.97. The Balaban J connectivity index is 2.01. The Morgan fingerprint density at radius 2 is 2.28 bits per heavy atom. The van der Waals surface area contributed by atoms with Gasteiger partial charge in [-0.15, -0.1) is 11.3 Å². The molecule has 0 atom stereocenters. The number of hydrogen-bond acceptors (Lipinski definition) is 4. The quantitative estimate of drug-likeness (QED) is 0.886. The van der Waals surface area contributed by atoms with Gasteiger partial charge in [0.2, 0.25) is 0 Å². The van der Waals surface area contributed by atoms with E-state index >= 15 is 0 Å². The van der Waals surface area contributed by atoms with Crippen LogP contribution in [0.2, 0.25) is 10.2 Å². The number of nitrogens with zero attached hydrogens (tertiary/aromatic N) is 2. The van der Waals surface area contributed by atoms with Gasteiger partial charge in [-0.2, -0.15) is 0 Å². The fourth-order valence-electron chi connectivity index (χ4n) is 1.29. The summed E-state index contributed by atoms with van der Waals surface area (Å²) in [5.41, 5.74) is 1.32. The highest BCUT2D eigenvalue weighted by atomic mass is 35.5. The molecule has 18 heavy (non-hydrogen) atoms. The molecule has 0 radical (unpaired) electrons. The molecule has 0 bridgehead atoms. The first-order valence-electron chi connectivity index (χ1n) is 5.06. The van der Waals surface area contributed by atoms with E-state index in [-0.39, 0.29) is 16.1 Å². The number of halogens is 2. The zero-order valence-electron chi connectivity index (χ0n) is 9.41. The molecule has 0 saturated heterocycles. The van der Waals surface area contributed by atoms with Crippen LogP contribution in [-0.2, 0) is 6.54 Å². The number of rotatable bonds is 3. The molecule has 2 rings (SSSR count). The lowest BCUT2D eigenvalue weighted by molar-refractivity contribution is 0.0950. The summed E-state index contributed by atoms with van der Waals surface area (Å²) in [6.07, 6.45) is 1.39. The molecule has 2 heterocycles. The van der Waals surface area contributed by atoms with Crippen molar-refractivity contribution in [3.05, 3.63) is 44.1 Å². The predicted octanol–water partition coefficient (Wildman–Crippen LogP) is 3.08. The monoisotopic (exact) mass is 301 g/mol. The summed E-state index contributed by atoms with van der Waals surface area (Å²) in [4.78, 5) is 19.9. The average Bonchev–Trinajstić information content (AvgIpc) is 2.75. The Morgan fingerprint density at radius 3 is 2.89 bits per heavy atom. The molecular weight excluding hydrogens is 293 g/mol. The number of hydrogen-bond donors (Lipinski definition) is 1. The third kappa shape index (κ3) is 3.19. The highest BCUT2D eigenvalue weighted by Gasteiger charge is 2.09. The maximum atomic E-state index is 11.8. The van der Waals surface area contributed by atoms with Crippen LogP contribution in [0, 0.1) is 6.92 Å². The molecule has 7 heteroatoms. The van der Waals surface area contributed by atoms with Crippen LogP contribution in [0.25, 0.3) is 0 Å². The van der Waals surface area contributed by atoms with Crippen molar-refractivity contribution in [1.82, 2.24) is 15.3 Å². The summed E-state index contributed by atoms with van der Waals surface area (Å²) in [5.74, 6) is -0.256. The number of carbonyl (C=O) groups excluding carboxylic acids is 1. The normalized spacial score (nSPS) is 10.4. The molecule has 94 valence electrons. The SMILES string of the molecule is Cc1csc(CNC(=O)c2cnc(Cl)c(Cl)c2)n1. The average molecular weight is 302 g/mol. The lowest BCUT2D eigenvalue weighted by Crippen LogP contribution is -2.22. The van der Waals surface area contributed by atoms with Crippen molar-refractivity contribution in [2.75, 3.05) is 0 Å². The maximum absolute atomic E-state index is 11.8. The van der Waals surface area contributed by atoms with Gasteiger partial charge in [0.1, 0.15) is 10.2 Å². The minimum absolute atomic E-state index is 0.184. The Labute approximate surface area is 118 Å². The molecule has 0 aliphatic heterocycles. The van der Waals surface area contributed by atoms with Crippen LogP contribution in [0.4, 0.5) is 0 Å². The molecule has 4 nitrogen and oxygen atoms in total. The second-order valence-electron chi connectivity index (χ2n) is 3.56. The molecule has 0 aromatic carbocycles. The number of thiazole rings is 1. The first kappa shape index (κ1) is 13.3. The summed E-state index contributed by atoms with van der Waals surface area (Å²) >= 11 is 13.0. The first-order valence-corrected chi connectivity index (χ1v) is 6.70. The van der Waals surface area contributed by atoms with Crippen LogP contribution in [0.15, 0.2) is 17.6 Å². The predicted molar refractivity (Wildman–Crippen MR) is 72.3 cm³/mol. The number of pyridine rings is 1. The molecule has 1 amide bonds. The number of carbonyl (C=O) groups is 1. The van der Waals surface area contributed by atoms with Gasteiger partial charge < -0.3 is 5.32 Å². The van der Waals surface area contributed by atoms with Crippen LogP contribution in [-0.4, -0.2) is 15.9 Å². The van der Waals surface area contributed by atoms with Crippen molar-refractivity contribution in [2.24, 2.45) is 0 Å². The largest absolute Gasteiger partial charge is 0.345 e. The van der Waals surface area contributed by atoms with Crippen molar-refractivity contribution in [1.29, 1.82) is 0 Å². The maximum Gasteiger partial charge on any atom is 0.253 e. The molecule has 0 saturated carbocycles. The van der Waals surface area contributed by atoms with Crippen molar-refractivity contribution in [3.63, 3.8) is 0 Å². The lowest BCUT2D eigenvalue weighted by atomic mass is 10.3. The highest BCUT2D eigenvalue weighted by molar-refractivity contribution is 7.09. The molecule has 0 aliphatic carbocycles. The highest BCUT2D eigenvalue weighted by Crippen LogP contribution is 2.19. The van der Waals surface area contributed by atoms with E-state index in [9.17, 15) is 4.79 Å². The third-order valence-electron chi connectivity index (χ3n) is 2.13. The Hall–Kier alpha value is -1.17. The number of nitrogens with one attached hydrogen (secondary N) is 1. The molecule has 0 spiro atoms.